The Morgan fingerprint density at radius 2 is 2.16 bits per heavy atom. The minimum Gasteiger partial charge on any atom is -0.389 e. The van der Waals surface area contributed by atoms with Gasteiger partial charge in [-0.3, -0.25) is 0 Å². The molecule has 0 aromatic rings. The summed E-state index contributed by atoms with van der Waals surface area (Å²) in [6.07, 6.45) is 3.32. The van der Waals surface area contributed by atoms with Crippen LogP contribution < -0.4 is 5.73 Å². The standard InChI is InChI=1S/C14H28N2O3/c1-18-5-6-19-10-12(17)8-16-7-11-3-2-4-14(15)13(11)9-16/h11-14,17H,2-10,15H2,1H3. The molecule has 0 aromatic heterocycles. The van der Waals surface area contributed by atoms with Crippen molar-refractivity contribution < 1.29 is 14.6 Å². The van der Waals surface area contributed by atoms with Crippen molar-refractivity contribution in [2.24, 2.45) is 17.6 Å². The lowest BCUT2D eigenvalue weighted by molar-refractivity contribution is 0.00149. The van der Waals surface area contributed by atoms with Crippen molar-refractivity contribution in [1.82, 2.24) is 4.90 Å². The van der Waals surface area contributed by atoms with Crippen LogP contribution in [0.15, 0.2) is 0 Å². The van der Waals surface area contributed by atoms with Crippen LogP contribution in [-0.2, 0) is 9.47 Å². The zero-order valence-electron chi connectivity index (χ0n) is 12.0. The Balaban J connectivity index is 1.66. The van der Waals surface area contributed by atoms with Gasteiger partial charge in [-0.15, -0.1) is 0 Å². The predicted octanol–water partition coefficient (Wildman–Crippen LogP) is 0.0695. The molecule has 1 saturated heterocycles. The summed E-state index contributed by atoms with van der Waals surface area (Å²) in [5.74, 6) is 1.38. The fourth-order valence-electron chi connectivity index (χ4n) is 3.47. The highest BCUT2D eigenvalue weighted by Crippen LogP contribution is 2.35. The van der Waals surface area contributed by atoms with Crippen LogP contribution in [0.2, 0.25) is 0 Å². The lowest BCUT2D eigenvalue weighted by Gasteiger charge is -2.29. The molecule has 0 aromatic carbocycles. The zero-order valence-corrected chi connectivity index (χ0v) is 12.0. The van der Waals surface area contributed by atoms with E-state index in [-0.39, 0.29) is 0 Å². The minimum atomic E-state index is -0.409. The smallest absolute Gasteiger partial charge is 0.0900 e. The van der Waals surface area contributed by atoms with Crippen molar-refractivity contribution in [3.63, 3.8) is 0 Å². The highest BCUT2D eigenvalue weighted by Gasteiger charge is 2.38. The SMILES string of the molecule is COCCOCC(O)CN1CC2CCCC(N)C2C1. The van der Waals surface area contributed by atoms with E-state index in [9.17, 15) is 5.11 Å². The fraction of sp³-hybridized carbons (Fsp3) is 1.00. The summed E-state index contributed by atoms with van der Waals surface area (Å²) in [6, 6.07) is 0.360. The summed E-state index contributed by atoms with van der Waals surface area (Å²) >= 11 is 0. The normalized spacial score (nSPS) is 33.3. The maximum absolute atomic E-state index is 9.97. The maximum Gasteiger partial charge on any atom is 0.0900 e. The van der Waals surface area contributed by atoms with Gasteiger partial charge in [-0.25, -0.2) is 0 Å². The summed E-state index contributed by atoms with van der Waals surface area (Å²) in [6.45, 7) is 4.35. The quantitative estimate of drug-likeness (QED) is 0.642. The van der Waals surface area contributed by atoms with Crippen molar-refractivity contribution in [2.45, 2.75) is 31.4 Å². The van der Waals surface area contributed by atoms with Gasteiger partial charge in [0.15, 0.2) is 0 Å². The number of β-amino-alcohol motifs (C(OH)–C–C–N with tert-alkyl or cyclic N) is 1. The molecule has 112 valence electrons. The first-order valence-electron chi connectivity index (χ1n) is 7.43. The van der Waals surface area contributed by atoms with Gasteiger partial charge in [-0.05, 0) is 24.7 Å². The fourth-order valence-corrected chi connectivity index (χ4v) is 3.47. The number of hydrogen-bond donors (Lipinski definition) is 2. The number of aliphatic hydroxyl groups is 1. The summed E-state index contributed by atoms with van der Waals surface area (Å²) < 4.78 is 10.3. The first-order valence-corrected chi connectivity index (χ1v) is 7.43. The second-order valence-corrected chi connectivity index (χ2v) is 5.96. The van der Waals surface area contributed by atoms with Crippen LogP contribution in [0.4, 0.5) is 0 Å². The van der Waals surface area contributed by atoms with E-state index in [1.165, 1.54) is 12.8 Å². The Labute approximate surface area is 116 Å². The van der Waals surface area contributed by atoms with Gasteiger partial charge in [-0.1, -0.05) is 6.42 Å². The molecular formula is C14H28N2O3. The third kappa shape index (κ3) is 4.39. The number of nitrogens with zero attached hydrogens (tertiary/aromatic N) is 1. The average molecular weight is 272 g/mol. The average Bonchev–Trinajstić information content (AvgIpc) is 2.79. The number of nitrogens with two attached hydrogens (primary N) is 1. The Morgan fingerprint density at radius 3 is 2.89 bits per heavy atom. The largest absolute Gasteiger partial charge is 0.389 e. The number of rotatable bonds is 7. The van der Waals surface area contributed by atoms with E-state index in [1.807, 2.05) is 0 Å². The van der Waals surface area contributed by atoms with Gasteiger partial charge in [-0.2, -0.15) is 0 Å². The molecule has 1 saturated carbocycles. The van der Waals surface area contributed by atoms with Crippen LogP contribution in [-0.4, -0.2) is 68.7 Å². The Hall–Kier alpha value is -0.200. The van der Waals surface area contributed by atoms with Gasteiger partial charge in [0, 0.05) is 32.8 Å². The highest BCUT2D eigenvalue weighted by molar-refractivity contribution is 4.93. The second kappa shape index (κ2) is 7.55. The third-order valence-corrected chi connectivity index (χ3v) is 4.44. The van der Waals surface area contributed by atoms with E-state index < -0.39 is 6.10 Å². The van der Waals surface area contributed by atoms with Gasteiger partial charge in [0.1, 0.15) is 0 Å². The molecule has 4 atom stereocenters. The molecule has 2 rings (SSSR count). The Bertz CT molecular complexity index is 265. The summed E-state index contributed by atoms with van der Waals surface area (Å²) in [4.78, 5) is 2.35. The molecule has 0 radical (unpaired) electrons. The van der Waals surface area contributed by atoms with E-state index in [4.69, 9.17) is 15.2 Å². The number of aliphatic hydroxyl groups excluding tert-OH is 1. The third-order valence-electron chi connectivity index (χ3n) is 4.44. The number of fused-ring (bicyclic) bond motifs is 1. The molecule has 5 heteroatoms. The van der Waals surface area contributed by atoms with Crippen LogP contribution >= 0.6 is 0 Å². The van der Waals surface area contributed by atoms with Gasteiger partial charge < -0.3 is 25.2 Å². The van der Waals surface area contributed by atoms with E-state index in [0.29, 0.717) is 38.3 Å². The highest BCUT2D eigenvalue weighted by atomic mass is 16.5. The molecule has 2 fully saturated rings. The molecule has 0 amide bonds. The molecular weight excluding hydrogens is 244 g/mol. The van der Waals surface area contributed by atoms with E-state index in [2.05, 4.69) is 4.90 Å². The van der Waals surface area contributed by atoms with Crippen LogP contribution in [0.5, 0.6) is 0 Å². The summed E-state index contributed by atoms with van der Waals surface area (Å²) in [5, 5.41) is 9.97. The number of ether oxygens (including phenoxy) is 2. The topological polar surface area (TPSA) is 68.0 Å². The molecule has 1 heterocycles. The van der Waals surface area contributed by atoms with E-state index in [0.717, 1.165) is 25.4 Å². The van der Waals surface area contributed by atoms with Crippen molar-refractivity contribution in [3.8, 4) is 0 Å². The van der Waals surface area contributed by atoms with Gasteiger partial charge in [0.2, 0.25) is 0 Å². The second-order valence-electron chi connectivity index (χ2n) is 5.96. The van der Waals surface area contributed by atoms with Gasteiger partial charge in [0.25, 0.3) is 0 Å². The van der Waals surface area contributed by atoms with Crippen molar-refractivity contribution >= 4 is 0 Å². The lowest BCUT2D eigenvalue weighted by Crippen LogP contribution is -2.38. The number of hydrogen-bond acceptors (Lipinski definition) is 5. The van der Waals surface area contributed by atoms with E-state index >= 15 is 0 Å². The number of methoxy groups -OCH3 is 1. The predicted molar refractivity (Wildman–Crippen MR) is 73.9 cm³/mol. The van der Waals surface area contributed by atoms with Crippen molar-refractivity contribution in [1.29, 1.82) is 0 Å². The van der Waals surface area contributed by atoms with Crippen molar-refractivity contribution in [2.75, 3.05) is 46.6 Å². The monoisotopic (exact) mass is 272 g/mol. The number of likely N-dealkylation sites (tertiary alicyclic amines) is 1. The van der Waals surface area contributed by atoms with Gasteiger partial charge in [0.05, 0.1) is 25.9 Å². The van der Waals surface area contributed by atoms with Gasteiger partial charge >= 0.3 is 0 Å². The molecule has 1 aliphatic heterocycles. The molecule has 0 spiro atoms. The summed E-state index contributed by atoms with van der Waals surface area (Å²) in [7, 11) is 1.65. The van der Waals surface area contributed by atoms with E-state index in [1.54, 1.807) is 7.11 Å². The molecule has 5 nitrogen and oxygen atoms in total. The Kier molecular flexibility index (Phi) is 6.04. The van der Waals surface area contributed by atoms with Crippen molar-refractivity contribution in [3.05, 3.63) is 0 Å². The van der Waals surface area contributed by atoms with Crippen LogP contribution in [0, 0.1) is 11.8 Å². The van der Waals surface area contributed by atoms with Crippen LogP contribution in [0.3, 0.4) is 0 Å². The molecule has 1 aliphatic carbocycles. The Morgan fingerprint density at radius 1 is 1.32 bits per heavy atom. The molecule has 0 bridgehead atoms. The minimum absolute atomic E-state index is 0.360. The summed E-state index contributed by atoms with van der Waals surface area (Å²) in [5.41, 5.74) is 6.20. The first-order chi connectivity index (χ1) is 9.20. The van der Waals surface area contributed by atoms with Crippen LogP contribution in [0.1, 0.15) is 19.3 Å². The zero-order chi connectivity index (χ0) is 13.7. The molecule has 3 N–H and O–H groups in total. The maximum atomic E-state index is 9.97. The first kappa shape index (κ1) is 15.2. The molecule has 2 aliphatic rings. The molecule has 19 heavy (non-hydrogen) atoms. The molecule has 4 unspecified atom stereocenters. The van der Waals surface area contributed by atoms with Crippen LogP contribution in [0.25, 0.3) is 0 Å². The lowest BCUT2D eigenvalue weighted by atomic mass is 9.78.